The number of nitrogens with zero attached hydrogens (tertiary/aromatic N) is 1. The Balaban J connectivity index is 0.000000206. The van der Waals surface area contributed by atoms with Crippen LogP contribution in [0.4, 0.5) is 5.69 Å². The van der Waals surface area contributed by atoms with Crippen LogP contribution in [0.3, 0.4) is 0 Å². The van der Waals surface area contributed by atoms with Crippen LogP contribution < -0.4 is 10.6 Å². The molecule has 2 N–H and O–H groups in total. The van der Waals surface area contributed by atoms with E-state index in [0.29, 0.717) is 0 Å². The van der Waals surface area contributed by atoms with E-state index in [1.54, 1.807) is 6.08 Å². The summed E-state index contributed by atoms with van der Waals surface area (Å²) in [7, 11) is 1.87. The Morgan fingerprint density at radius 3 is 2.53 bits per heavy atom. The summed E-state index contributed by atoms with van der Waals surface area (Å²) in [6, 6.07) is 16.5. The molecule has 1 atom stereocenters. The molecule has 1 aromatic heterocycles. The fraction of sp³-hybridized carbons (Fsp3) is 0.229. The van der Waals surface area contributed by atoms with Gasteiger partial charge in [-0.1, -0.05) is 80.8 Å². The maximum atomic E-state index is 4.28. The van der Waals surface area contributed by atoms with Crippen molar-refractivity contribution in [2.75, 3.05) is 12.4 Å². The number of likely N-dealkylation sites (N-methyl/N-ethyl adjacent to an activating group) is 1. The standard InChI is InChI=1S/C14H20N2.C11H9N.C10H14/c1-10-6-7-11(2)14(8-10)16-13(4)9-12(3)15-5;1-2-9-7-10-5-3-4-6-11(10)12-8-9;1-3-4-10-7-5-9(2)6-8-10/h6-9,15-16H,3H2,1-2,4-5H3;2-8H,1H2;3,5,7-9H,1,4,6H2,2H3/b13-9-;;. The molecule has 198 valence electrons. The number of benzene rings is 2. The topological polar surface area (TPSA) is 37.0 Å². The zero-order valence-corrected chi connectivity index (χ0v) is 23.7. The van der Waals surface area contributed by atoms with Crippen molar-refractivity contribution in [1.29, 1.82) is 0 Å². The monoisotopic (exact) mass is 505 g/mol. The molecule has 0 radical (unpaired) electrons. The zero-order valence-electron chi connectivity index (χ0n) is 23.7. The van der Waals surface area contributed by atoms with Gasteiger partial charge in [-0.2, -0.15) is 0 Å². The van der Waals surface area contributed by atoms with E-state index in [1.807, 2.05) is 50.5 Å². The third kappa shape index (κ3) is 10.5. The SMILES string of the molecule is C=C(/C=C(/C)Nc1cc(C)ccc1C)NC.C=CCC1=CCC(C)C=C1.C=Cc1cnc2ccccc2c1. The van der Waals surface area contributed by atoms with Crippen LogP contribution >= 0.6 is 0 Å². The molecule has 4 rings (SSSR count). The lowest BCUT2D eigenvalue weighted by Gasteiger charge is -2.11. The number of fused-ring (bicyclic) bond motifs is 1. The zero-order chi connectivity index (χ0) is 27.9. The highest BCUT2D eigenvalue weighted by Gasteiger charge is 2.01. The van der Waals surface area contributed by atoms with Crippen LogP contribution in [0.15, 0.2) is 122 Å². The van der Waals surface area contributed by atoms with Gasteiger partial charge in [0.25, 0.3) is 0 Å². The molecule has 1 unspecified atom stereocenters. The summed E-state index contributed by atoms with van der Waals surface area (Å²) in [6.07, 6.45) is 16.5. The third-order valence-corrected chi connectivity index (χ3v) is 6.05. The van der Waals surface area contributed by atoms with Gasteiger partial charge in [0.2, 0.25) is 0 Å². The van der Waals surface area contributed by atoms with Crippen molar-refractivity contribution in [3.05, 3.63) is 139 Å². The molecule has 3 nitrogen and oxygen atoms in total. The number of nitrogens with one attached hydrogen (secondary N) is 2. The van der Waals surface area contributed by atoms with Crippen LogP contribution in [0.2, 0.25) is 0 Å². The highest BCUT2D eigenvalue weighted by Crippen LogP contribution is 2.19. The van der Waals surface area contributed by atoms with Gasteiger partial charge in [0.1, 0.15) is 0 Å². The first kappa shape index (κ1) is 30.1. The van der Waals surface area contributed by atoms with Crippen molar-refractivity contribution in [3.63, 3.8) is 0 Å². The van der Waals surface area contributed by atoms with Gasteiger partial charge in [-0.25, -0.2) is 0 Å². The largest absolute Gasteiger partial charge is 0.389 e. The van der Waals surface area contributed by atoms with E-state index in [-0.39, 0.29) is 0 Å². The maximum absolute atomic E-state index is 4.28. The molecule has 0 saturated carbocycles. The van der Waals surface area contributed by atoms with Gasteiger partial charge < -0.3 is 10.6 Å². The van der Waals surface area contributed by atoms with Crippen LogP contribution in [-0.4, -0.2) is 12.0 Å². The van der Waals surface area contributed by atoms with E-state index in [0.717, 1.165) is 45.9 Å². The minimum Gasteiger partial charge on any atom is -0.389 e. The van der Waals surface area contributed by atoms with Crippen LogP contribution in [0, 0.1) is 19.8 Å². The van der Waals surface area contributed by atoms with E-state index in [2.05, 4.69) is 105 Å². The van der Waals surface area contributed by atoms with Crippen molar-refractivity contribution < 1.29 is 0 Å². The number of aryl methyl sites for hydroxylation is 2. The lowest BCUT2D eigenvalue weighted by Crippen LogP contribution is -2.04. The number of anilines is 1. The summed E-state index contributed by atoms with van der Waals surface area (Å²) in [5, 5.41) is 7.54. The summed E-state index contributed by atoms with van der Waals surface area (Å²) in [5.74, 6) is 0.730. The molecule has 2 aromatic carbocycles. The second kappa shape index (κ2) is 15.9. The Labute approximate surface area is 230 Å². The molecule has 0 fully saturated rings. The first-order valence-electron chi connectivity index (χ1n) is 13.1. The van der Waals surface area contributed by atoms with Crippen molar-refractivity contribution in [3.8, 4) is 0 Å². The normalized spacial score (nSPS) is 14.2. The van der Waals surface area contributed by atoms with Crippen LogP contribution in [0.5, 0.6) is 0 Å². The molecule has 0 amide bonds. The quantitative estimate of drug-likeness (QED) is 0.248. The number of rotatable bonds is 7. The smallest absolute Gasteiger partial charge is 0.0702 e. The molecule has 3 heteroatoms. The molecule has 0 bridgehead atoms. The fourth-order valence-corrected chi connectivity index (χ4v) is 3.74. The summed E-state index contributed by atoms with van der Waals surface area (Å²) >= 11 is 0. The van der Waals surface area contributed by atoms with E-state index < -0.39 is 0 Å². The number of hydrogen-bond donors (Lipinski definition) is 2. The van der Waals surface area contributed by atoms with Gasteiger partial charge in [-0.3, -0.25) is 4.98 Å². The van der Waals surface area contributed by atoms with E-state index in [4.69, 9.17) is 0 Å². The second-order valence-electron chi connectivity index (χ2n) is 9.56. The third-order valence-electron chi connectivity index (χ3n) is 6.05. The summed E-state index contributed by atoms with van der Waals surface area (Å²) in [6.45, 7) is 19.7. The van der Waals surface area contributed by atoms with Crippen molar-refractivity contribution in [2.45, 2.75) is 40.5 Å². The van der Waals surface area contributed by atoms with Crippen LogP contribution in [0.25, 0.3) is 17.0 Å². The van der Waals surface area contributed by atoms with Gasteiger partial charge in [0, 0.05) is 35.7 Å². The number of allylic oxidation sites excluding steroid dienone is 7. The van der Waals surface area contributed by atoms with E-state index >= 15 is 0 Å². The van der Waals surface area contributed by atoms with Crippen LogP contribution in [0.1, 0.15) is 43.4 Å². The first-order valence-corrected chi connectivity index (χ1v) is 13.1. The van der Waals surface area contributed by atoms with Crippen molar-refractivity contribution in [1.82, 2.24) is 10.3 Å². The molecular weight excluding hydrogens is 462 g/mol. The molecule has 0 aliphatic heterocycles. The van der Waals surface area contributed by atoms with Crippen LogP contribution in [-0.2, 0) is 0 Å². The van der Waals surface area contributed by atoms with Gasteiger partial charge in [0.05, 0.1) is 5.52 Å². The van der Waals surface area contributed by atoms with Gasteiger partial charge >= 0.3 is 0 Å². The summed E-state index contributed by atoms with van der Waals surface area (Å²) in [5.41, 5.74) is 9.13. The van der Waals surface area contributed by atoms with Gasteiger partial charge in [0.15, 0.2) is 0 Å². The number of hydrogen-bond acceptors (Lipinski definition) is 3. The Kier molecular flexibility index (Phi) is 12.6. The Morgan fingerprint density at radius 1 is 1.11 bits per heavy atom. The minimum absolute atomic E-state index is 0.730. The second-order valence-corrected chi connectivity index (χ2v) is 9.56. The fourth-order valence-electron chi connectivity index (χ4n) is 3.74. The van der Waals surface area contributed by atoms with Gasteiger partial charge in [-0.15, -0.1) is 6.58 Å². The highest BCUT2D eigenvalue weighted by molar-refractivity contribution is 5.80. The Morgan fingerprint density at radius 2 is 1.87 bits per heavy atom. The molecule has 3 aromatic rings. The van der Waals surface area contributed by atoms with Gasteiger partial charge in [-0.05, 0) is 86.1 Å². The molecule has 1 heterocycles. The summed E-state index contributed by atoms with van der Waals surface area (Å²) in [4.78, 5) is 4.28. The number of pyridine rings is 1. The number of aromatic nitrogens is 1. The molecular formula is C35H43N3. The molecule has 1 aliphatic rings. The van der Waals surface area contributed by atoms with E-state index in [1.165, 1.54) is 23.1 Å². The Hall–Kier alpha value is -4.11. The minimum atomic E-state index is 0.730. The molecule has 38 heavy (non-hydrogen) atoms. The van der Waals surface area contributed by atoms with Crippen molar-refractivity contribution in [2.24, 2.45) is 5.92 Å². The molecule has 0 spiro atoms. The summed E-state index contributed by atoms with van der Waals surface area (Å²) < 4.78 is 0. The number of para-hydroxylation sites is 1. The predicted octanol–water partition coefficient (Wildman–Crippen LogP) is 9.31. The first-order chi connectivity index (χ1) is 18.2. The molecule has 0 saturated heterocycles. The average Bonchev–Trinajstić information content (AvgIpc) is 2.92. The average molecular weight is 506 g/mol. The maximum Gasteiger partial charge on any atom is 0.0702 e. The Bertz CT molecular complexity index is 1320. The highest BCUT2D eigenvalue weighted by atomic mass is 14.9. The molecule has 1 aliphatic carbocycles. The predicted molar refractivity (Wildman–Crippen MR) is 169 cm³/mol. The van der Waals surface area contributed by atoms with E-state index in [9.17, 15) is 0 Å². The lowest BCUT2D eigenvalue weighted by molar-refractivity contribution is 0.729. The lowest BCUT2D eigenvalue weighted by atomic mass is 9.97. The van der Waals surface area contributed by atoms with Crippen molar-refractivity contribution >= 4 is 22.7 Å².